The van der Waals surface area contributed by atoms with Crippen molar-refractivity contribution in [2.75, 3.05) is 10.8 Å². The minimum atomic E-state index is -3.51. The molecule has 0 aromatic heterocycles. The van der Waals surface area contributed by atoms with Crippen LogP contribution < -0.4 is 4.31 Å². The first kappa shape index (κ1) is 12.9. The number of hydrogen-bond acceptors (Lipinski definition) is 2. The molecule has 0 N–H and O–H groups in total. The standard InChI is InChI=1S/C16H15NO2S/c1-13-8-10-15(11-9-13)20(18,19)17-12-4-6-14-5-2-3-7-16(14)17/h2-11H,12H2,1H3. The van der Waals surface area contributed by atoms with Crippen molar-refractivity contribution >= 4 is 21.8 Å². The van der Waals surface area contributed by atoms with Crippen LogP contribution in [-0.4, -0.2) is 15.0 Å². The fraction of sp³-hybridized carbons (Fsp3) is 0.125. The second-order valence-electron chi connectivity index (χ2n) is 4.81. The Labute approximate surface area is 119 Å². The highest BCUT2D eigenvalue weighted by molar-refractivity contribution is 7.92. The van der Waals surface area contributed by atoms with Gasteiger partial charge in [0, 0.05) is 0 Å². The van der Waals surface area contributed by atoms with Crippen LogP contribution in [0, 0.1) is 6.92 Å². The van der Waals surface area contributed by atoms with E-state index in [1.807, 2.05) is 55.5 Å². The smallest absolute Gasteiger partial charge is 0.262 e. The third-order valence-corrected chi connectivity index (χ3v) is 5.18. The van der Waals surface area contributed by atoms with Crippen molar-refractivity contribution in [2.24, 2.45) is 0 Å². The number of rotatable bonds is 2. The zero-order chi connectivity index (χ0) is 14.2. The van der Waals surface area contributed by atoms with Gasteiger partial charge in [-0.15, -0.1) is 0 Å². The maximum absolute atomic E-state index is 12.8. The second kappa shape index (κ2) is 4.80. The summed E-state index contributed by atoms with van der Waals surface area (Å²) in [6.45, 7) is 2.31. The molecule has 1 aliphatic heterocycles. The highest BCUT2D eigenvalue weighted by Gasteiger charge is 2.26. The van der Waals surface area contributed by atoms with Crippen LogP contribution >= 0.6 is 0 Å². The van der Waals surface area contributed by atoms with Gasteiger partial charge < -0.3 is 0 Å². The van der Waals surface area contributed by atoms with Crippen molar-refractivity contribution in [1.29, 1.82) is 0 Å². The Balaban J connectivity index is 2.09. The van der Waals surface area contributed by atoms with E-state index in [1.54, 1.807) is 12.1 Å². The predicted octanol–water partition coefficient (Wildman–Crippen LogP) is 3.22. The number of hydrogen-bond donors (Lipinski definition) is 0. The zero-order valence-corrected chi connectivity index (χ0v) is 12.0. The van der Waals surface area contributed by atoms with Crippen LogP contribution in [0.1, 0.15) is 11.1 Å². The van der Waals surface area contributed by atoms with Gasteiger partial charge >= 0.3 is 0 Å². The molecule has 0 fully saturated rings. The maximum atomic E-state index is 12.8. The predicted molar refractivity (Wildman–Crippen MR) is 81.2 cm³/mol. The average molecular weight is 285 g/mol. The van der Waals surface area contributed by atoms with E-state index in [1.165, 1.54) is 4.31 Å². The van der Waals surface area contributed by atoms with Gasteiger partial charge in [0.1, 0.15) is 0 Å². The second-order valence-corrected chi connectivity index (χ2v) is 6.67. The molecular formula is C16H15NO2S. The number of fused-ring (bicyclic) bond motifs is 1. The van der Waals surface area contributed by atoms with E-state index in [0.29, 0.717) is 11.4 Å². The Morgan fingerprint density at radius 3 is 2.45 bits per heavy atom. The summed E-state index contributed by atoms with van der Waals surface area (Å²) in [5, 5.41) is 0. The first-order chi connectivity index (χ1) is 9.59. The Kier molecular flexibility index (Phi) is 3.10. The Morgan fingerprint density at radius 2 is 1.70 bits per heavy atom. The van der Waals surface area contributed by atoms with Gasteiger partial charge in [0.15, 0.2) is 0 Å². The van der Waals surface area contributed by atoms with Crippen LogP contribution in [0.5, 0.6) is 0 Å². The van der Waals surface area contributed by atoms with E-state index in [9.17, 15) is 8.42 Å². The maximum Gasteiger partial charge on any atom is 0.264 e. The van der Waals surface area contributed by atoms with Gasteiger partial charge in [-0.05, 0) is 30.7 Å². The van der Waals surface area contributed by atoms with Crippen molar-refractivity contribution < 1.29 is 8.42 Å². The molecule has 0 atom stereocenters. The lowest BCUT2D eigenvalue weighted by Crippen LogP contribution is -2.33. The van der Waals surface area contributed by atoms with E-state index in [2.05, 4.69) is 0 Å². The molecule has 20 heavy (non-hydrogen) atoms. The van der Waals surface area contributed by atoms with Gasteiger partial charge in [0.25, 0.3) is 10.0 Å². The summed E-state index contributed by atoms with van der Waals surface area (Å²) < 4.78 is 27.0. The molecule has 4 heteroatoms. The van der Waals surface area contributed by atoms with Crippen LogP contribution in [0.3, 0.4) is 0 Å². The van der Waals surface area contributed by atoms with Gasteiger partial charge in [-0.1, -0.05) is 48.0 Å². The van der Waals surface area contributed by atoms with Crippen molar-refractivity contribution in [2.45, 2.75) is 11.8 Å². The van der Waals surface area contributed by atoms with Crippen molar-refractivity contribution in [3.63, 3.8) is 0 Å². The SMILES string of the molecule is Cc1ccc(S(=O)(=O)N2CC=Cc3ccccc32)cc1. The number of sulfonamides is 1. The number of aryl methyl sites for hydroxylation is 1. The molecule has 0 amide bonds. The van der Waals surface area contributed by atoms with Crippen LogP contribution in [0.15, 0.2) is 59.5 Å². The highest BCUT2D eigenvalue weighted by atomic mass is 32.2. The van der Waals surface area contributed by atoms with Gasteiger partial charge in [0.05, 0.1) is 17.1 Å². The molecular weight excluding hydrogens is 270 g/mol. The molecule has 0 spiro atoms. The first-order valence-corrected chi connectivity index (χ1v) is 7.88. The van der Waals surface area contributed by atoms with Gasteiger partial charge in [-0.25, -0.2) is 8.42 Å². The lowest BCUT2D eigenvalue weighted by molar-refractivity contribution is 0.592. The zero-order valence-electron chi connectivity index (χ0n) is 11.2. The molecule has 0 radical (unpaired) electrons. The molecule has 1 heterocycles. The Hall–Kier alpha value is -2.07. The fourth-order valence-electron chi connectivity index (χ4n) is 2.29. The molecule has 1 aliphatic rings. The first-order valence-electron chi connectivity index (χ1n) is 6.44. The number of nitrogens with zero attached hydrogens (tertiary/aromatic N) is 1. The normalized spacial score (nSPS) is 14.2. The lowest BCUT2D eigenvalue weighted by Gasteiger charge is -2.27. The van der Waals surface area contributed by atoms with Crippen LogP contribution in [0.25, 0.3) is 6.08 Å². The molecule has 0 bridgehead atoms. The van der Waals surface area contributed by atoms with Crippen molar-refractivity contribution in [3.05, 3.63) is 65.7 Å². The molecule has 102 valence electrons. The molecule has 3 nitrogen and oxygen atoms in total. The van der Waals surface area contributed by atoms with E-state index in [0.717, 1.165) is 16.8 Å². The average Bonchev–Trinajstić information content (AvgIpc) is 2.47. The molecule has 0 aliphatic carbocycles. The molecule has 0 saturated heterocycles. The monoisotopic (exact) mass is 285 g/mol. The summed E-state index contributed by atoms with van der Waals surface area (Å²) >= 11 is 0. The summed E-state index contributed by atoms with van der Waals surface area (Å²) in [6.07, 6.45) is 3.82. The molecule has 0 saturated carbocycles. The summed E-state index contributed by atoms with van der Waals surface area (Å²) in [5.74, 6) is 0. The van der Waals surface area contributed by atoms with Crippen LogP contribution in [-0.2, 0) is 10.0 Å². The minimum absolute atomic E-state index is 0.327. The summed E-state index contributed by atoms with van der Waals surface area (Å²) in [4.78, 5) is 0.327. The summed E-state index contributed by atoms with van der Waals surface area (Å²) in [6, 6.07) is 14.5. The topological polar surface area (TPSA) is 37.4 Å². The van der Waals surface area contributed by atoms with Gasteiger partial charge in [0.2, 0.25) is 0 Å². The molecule has 3 rings (SSSR count). The van der Waals surface area contributed by atoms with E-state index < -0.39 is 10.0 Å². The number of benzene rings is 2. The van der Waals surface area contributed by atoms with Crippen molar-refractivity contribution in [3.8, 4) is 0 Å². The quantitative estimate of drug-likeness (QED) is 0.849. The third kappa shape index (κ3) is 2.12. The summed E-state index contributed by atoms with van der Waals surface area (Å²) in [7, 11) is -3.51. The van der Waals surface area contributed by atoms with Crippen molar-refractivity contribution in [1.82, 2.24) is 0 Å². The number of para-hydroxylation sites is 1. The van der Waals surface area contributed by atoms with Gasteiger partial charge in [-0.2, -0.15) is 0 Å². The fourth-order valence-corrected chi connectivity index (χ4v) is 3.74. The van der Waals surface area contributed by atoms with Crippen LogP contribution in [0.4, 0.5) is 5.69 Å². The third-order valence-electron chi connectivity index (χ3n) is 3.38. The largest absolute Gasteiger partial charge is 0.264 e. The van der Waals surface area contributed by atoms with E-state index in [4.69, 9.17) is 0 Å². The molecule has 0 unspecified atom stereocenters. The molecule has 2 aromatic rings. The van der Waals surface area contributed by atoms with E-state index in [-0.39, 0.29) is 0 Å². The summed E-state index contributed by atoms with van der Waals surface area (Å²) in [5.41, 5.74) is 2.70. The highest BCUT2D eigenvalue weighted by Crippen LogP contribution is 2.30. The minimum Gasteiger partial charge on any atom is -0.262 e. The number of anilines is 1. The Morgan fingerprint density at radius 1 is 1.00 bits per heavy atom. The Bertz CT molecular complexity index is 761. The van der Waals surface area contributed by atoms with Gasteiger partial charge in [-0.3, -0.25) is 4.31 Å². The van der Waals surface area contributed by atoms with E-state index >= 15 is 0 Å². The lowest BCUT2D eigenvalue weighted by atomic mass is 10.1. The molecule has 2 aromatic carbocycles. The van der Waals surface area contributed by atoms with Crippen LogP contribution in [0.2, 0.25) is 0 Å².